The van der Waals surface area contributed by atoms with Crippen molar-refractivity contribution < 1.29 is 9.84 Å². The first-order chi connectivity index (χ1) is 13.2. The zero-order chi connectivity index (χ0) is 18.6. The van der Waals surface area contributed by atoms with Crippen molar-refractivity contribution in [2.24, 2.45) is 0 Å². The number of fused-ring (bicyclic) bond motifs is 1. The number of aryl methyl sites for hydroxylation is 1. The summed E-state index contributed by atoms with van der Waals surface area (Å²) in [6, 6.07) is 25.5. The molecule has 0 fully saturated rings. The van der Waals surface area contributed by atoms with Crippen LogP contribution >= 0.6 is 0 Å². The van der Waals surface area contributed by atoms with Crippen LogP contribution in [-0.2, 0) is 6.54 Å². The molecule has 0 radical (unpaired) electrons. The highest BCUT2D eigenvalue weighted by Gasteiger charge is 2.19. The monoisotopic (exact) mass is 358 g/mol. The molecule has 4 nitrogen and oxygen atoms in total. The second-order valence-electron chi connectivity index (χ2n) is 6.54. The van der Waals surface area contributed by atoms with Gasteiger partial charge in [-0.3, -0.25) is 0 Å². The van der Waals surface area contributed by atoms with E-state index in [0.29, 0.717) is 19.0 Å². The van der Waals surface area contributed by atoms with E-state index < -0.39 is 6.10 Å². The number of para-hydroxylation sites is 3. The third-order valence-corrected chi connectivity index (χ3v) is 4.71. The topological polar surface area (TPSA) is 47.3 Å². The molecule has 1 atom stereocenters. The predicted octanol–water partition coefficient (Wildman–Crippen LogP) is 4.51. The van der Waals surface area contributed by atoms with E-state index in [-0.39, 0.29) is 0 Å². The number of imidazole rings is 1. The van der Waals surface area contributed by atoms with Gasteiger partial charge in [0.15, 0.2) is 0 Å². The summed E-state index contributed by atoms with van der Waals surface area (Å²) in [5, 5.41) is 10.9. The molecule has 0 aliphatic rings. The van der Waals surface area contributed by atoms with Gasteiger partial charge in [0.1, 0.15) is 24.3 Å². The third-order valence-electron chi connectivity index (χ3n) is 4.71. The molecule has 27 heavy (non-hydrogen) atoms. The van der Waals surface area contributed by atoms with Gasteiger partial charge in [-0.15, -0.1) is 0 Å². The molecule has 3 aromatic carbocycles. The number of hydrogen-bond acceptors (Lipinski definition) is 3. The highest BCUT2D eigenvalue weighted by Crippen LogP contribution is 2.26. The highest BCUT2D eigenvalue weighted by atomic mass is 16.5. The zero-order valence-electron chi connectivity index (χ0n) is 15.2. The van der Waals surface area contributed by atoms with Crippen LogP contribution in [0.1, 0.15) is 23.1 Å². The Balaban J connectivity index is 1.63. The lowest BCUT2D eigenvalue weighted by atomic mass is 10.1. The number of rotatable bonds is 6. The van der Waals surface area contributed by atoms with E-state index >= 15 is 0 Å². The molecule has 0 bridgehead atoms. The Morgan fingerprint density at radius 1 is 0.926 bits per heavy atom. The van der Waals surface area contributed by atoms with Crippen LogP contribution in [0.2, 0.25) is 0 Å². The van der Waals surface area contributed by atoms with Crippen LogP contribution in [0.25, 0.3) is 11.0 Å². The minimum absolute atomic E-state index is 0.500. The van der Waals surface area contributed by atoms with Gasteiger partial charge in [0, 0.05) is 0 Å². The summed E-state index contributed by atoms with van der Waals surface area (Å²) in [5.41, 5.74) is 3.81. The smallest absolute Gasteiger partial charge is 0.143 e. The Hall–Kier alpha value is -3.11. The van der Waals surface area contributed by atoms with Crippen LogP contribution in [0.3, 0.4) is 0 Å². The molecule has 1 N–H and O–H groups in total. The first kappa shape index (κ1) is 17.3. The lowest BCUT2D eigenvalue weighted by Crippen LogP contribution is -2.14. The van der Waals surface area contributed by atoms with E-state index in [1.54, 1.807) is 0 Å². The Kier molecular flexibility index (Phi) is 4.90. The van der Waals surface area contributed by atoms with E-state index in [9.17, 15) is 5.11 Å². The lowest BCUT2D eigenvalue weighted by Gasteiger charge is -2.15. The number of nitrogens with zero attached hydrogens (tertiary/aromatic N) is 2. The van der Waals surface area contributed by atoms with Crippen molar-refractivity contribution in [1.29, 1.82) is 0 Å². The van der Waals surface area contributed by atoms with Gasteiger partial charge in [-0.2, -0.15) is 0 Å². The average molecular weight is 358 g/mol. The van der Waals surface area contributed by atoms with Crippen LogP contribution in [-0.4, -0.2) is 21.3 Å². The largest absolute Gasteiger partial charge is 0.491 e. The van der Waals surface area contributed by atoms with Crippen LogP contribution < -0.4 is 4.74 Å². The molecule has 0 amide bonds. The maximum Gasteiger partial charge on any atom is 0.143 e. The maximum atomic E-state index is 10.9. The maximum absolute atomic E-state index is 10.9. The second-order valence-corrected chi connectivity index (χ2v) is 6.54. The van der Waals surface area contributed by atoms with Crippen molar-refractivity contribution in [3.63, 3.8) is 0 Å². The van der Waals surface area contributed by atoms with Gasteiger partial charge in [0.2, 0.25) is 0 Å². The summed E-state index contributed by atoms with van der Waals surface area (Å²) in [4.78, 5) is 4.69. The van der Waals surface area contributed by atoms with Crippen LogP contribution in [0.4, 0.5) is 0 Å². The van der Waals surface area contributed by atoms with Crippen molar-refractivity contribution in [3.05, 3.63) is 95.8 Å². The minimum atomic E-state index is -0.780. The standard InChI is InChI=1S/C23H22N2O2/c1-17-9-5-8-14-21(17)27-16-15-25-20-13-7-6-12-19(20)24-23(25)22(26)18-10-3-2-4-11-18/h2-14,22,26H,15-16H2,1H3. The molecule has 136 valence electrons. The summed E-state index contributed by atoms with van der Waals surface area (Å²) in [6.07, 6.45) is -0.780. The first-order valence-corrected chi connectivity index (χ1v) is 9.10. The third kappa shape index (κ3) is 3.57. The van der Waals surface area contributed by atoms with E-state index in [2.05, 4.69) is 4.98 Å². The molecule has 0 saturated carbocycles. The van der Waals surface area contributed by atoms with E-state index in [1.165, 1.54) is 0 Å². The van der Waals surface area contributed by atoms with Gasteiger partial charge < -0.3 is 14.4 Å². The van der Waals surface area contributed by atoms with E-state index in [0.717, 1.165) is 27.9 Å². The summed E-state index contributed by atoms with van der Waals surface area (Å²) < 4.78 is 8.02. The Morgan fingerprint density at radius 3 is 2.44 bits per heavy atom. The number of aliphatic hydroxyl groups excluding tert-OH is 1. The van der Waals surface area contributed by atoms with Crippen LogP contribution in [0.15, 0.2) is 78.9 Å². The second kappa shape index (κ2) is 7.64. The number of hydrogen-bond donors (Lipinski definition) is 1. The molecule has 0 aliphatic heterocycles. The minimum Gasteiger partial charge on any atom is -0.491 e. The number of aromatic nitrogens is 2. The molecule has 0 aliphatic carbocycles. The van der Waals surface area contributed by atoms with E-state index in [1.807, 2.05) is 90.4 Å². The fraction of sp³-hybridized carbons (Fsp3) is 0.174. The highest BCUT2D eigenvalue weighted by molar-refractivity contribution is 5.76. The van der Waals surface area contributed by atoms with Gasteiger partial charge in [-0.25, -0.2) is 4.98 Å². The summed E-state index contributed by atoms with van der Waals surface area (Å²) in [7, 11) is 0. The fourth-order valence-corrected chi connectivity index (χ4v) is 3.29. The quantitative estimate of drug-likeness (QED) is 0.552. The summed E-state index contributed by atoms with van der Waals surface area (Å²) in [6.45, 7) is 3.14. The molecule has 1 aromatic heterocycles. The molecule has 0 spiro atoms. The summed E-state index contributed by atoms with van der Waals surface area (Å²) in [5.74, 6) is 1.52. The molecule has 1 heterocycles. The van der Waals surface area contributed by atoms with Crippen LogP contribution in [0.5, 0.6) is 5.75 Å². The molecule has 1 unspecified atom stereocenters. The van der Waals surface area contributed by atoms with Crippen molar-refractivity contribution in [2.75, 3.05) is 6.61 Å². The predicted molar refractivity (Wildman–Crippen MR) is 107 cm³/mol. The Morgan fingerprint density at radius 2 is 1.63 bits per heavy atom. The van der Waals surface area contributed by atoms with Crippen LogP contribution in [0, 0.1) is 6.92 Å². The molecule has 4 heteroatoms. The lowest BCUT2D eigenvalue weighted by molar-refractivity contribution is 0.201. The molecular weight excluding hydrogens is 336 g/mol. The molecule has 4 aromatic rings. The van der Waals surface area contributed by atoms with Gasteiger partial charge in [-0.05, 0) is 36.2 Å². The van der Waals surface area contributed by atoms with E-state index in [4.69, 9.17) is 4.74 Å². The summed E-state index contributed by atoms with van der Waals surface area (Å²) >= 11 is 0. The van der Waals surface area contributed by atoms with Gasteiger partial charge in [0.05, 0.1) is 17.6 Å². The SMILES string of the molecule is Cc1ccccc1OCCn1c(C(O)c2ccccc2)nc2ccccc21. The van der Waals surface area contributed by atoms with Crippen molar-refractivity contribution >= 4 is 11.0 Å². The first-order valence-electron chi connectivity index (χ1n) is 9.10. The van der Waals surface area contributed by atoms with Gasteiger partial charge >= 0.3 is 0 Å². The number of ether oxygens (including phenoxy) is 1. The van der Waals surface area contributed by atoms with Crippen molar-refractivity contribution in [1.82, 2.24) is 9.55 Å². The zero-order valence-corrected chi connectivity index (χ0v) is 15.2. The number of benzene rings is 3. The average Bonchev–Trinajstić information content (AvgIpc) is 3.08. The van der Waals surface area contributed by atoms with Gasteiger partial charge in [-0.1, -0.05) is 60.7 Å². The molecular formula is C23H22N2O2. The molecule has 4 rings (SSSR count). The number of aliphatic hydroxyl groups is 1. The molecule has 0 saturated heterocycles. The van der Waals surface area contributed by atoms with Crippen molar-refractivity contribution in [2.45, 2.75) is 19.6 Å². The van der Waals surface area contributed by atoms with Crippen molar-refractivity contribution in [3.8, 4) is 5.75 Å². The fourth-order valence-electron chi connectivity index (χ4n) is 3.29. The van der Waals surface area contributed by atoms with Gasteiger partial charge in [0.25, 0.3) is 0 Å². The Labute approximate surface area is 158 Å². The normalized spacial score (nSPS) is 12.2. The Bertz CT molecular complexity index is 1040.